The van der Waals surface area contributed by atoms with Crippen LogP contribution in [0.4, 0.5) is 4.79 Å². The Morgan fingerprint density at radius 1 is 1.32 bits per heavy atom. The molecule has 5 nitrogen and oxygen atoms in total. The van der Waals surface area contributed by atoms with E-state index in [1.54, 1.807) is 14.0 Å². The van der Waals surface area contributed by atoms with Crippen LogP contribution in [-0.4, -0.2) is 52.6 Å². The zero-order valence-electron chi connectivity index (χ0n) is 12.4. The van der Waals surface area contributed by atoms with E-state index in [0.717, 1.165) is 25.8 Å². The fourth-order valence-corrected chi connectivity index (χ4v) is 2.17. The highest BCUT2D eigenvalue weighted by molar-refractivity contribution is 5.82. The zero-order valence-corrected chi connectivity index (χ0v) is 12.4. The van der Waals surface area contributed by atoms with Crippen molar-refractivity contribution in [2.24, 2.45) is 5.92 Å². The minimum atomic E-state index is -0.932. The first-order valence-corrected chi connectivity index (χ1v) is 7.14. The Bertz CT molecular complexity index is 327. The standard InChI is InChI=1S/C14H26N2O3/c1-5-12(13(17)18)15(4)14(19)16(11-6-7-11)9-8-10(2)3/h10-12H,5-9H2,1-4H3,(H,17,18). The van der Waals surface area contributed by atoms with Crippen LogP contribution >= 0.6 is 0 Å². The highest BCUT2D eigenvalue weighted by Gasteiger charge is 2.36. The second-order valence-corrected chi connectivity index (χ2v) is 5.76. The highest BCUT2D eigenvalue weighted by atomic mass is 16.4. The fourth-order valence-electron chi connectivity index (χ4n) is 2.17. The first-order valence-electron chi connectivity index (χ1n) is 7.14. The summed E-state index contributed by atoms with van der Waals surface area (Å²) in [7, 11) is 1.59. The van der Waals surface area contributed by atoms with Gasteiger partial charge < -0.3 is 14.9 Å². The number of amides is 2. The molecule has 19 heavy (non-hydrogen) atoms. The van der Waals surface area contributed by atoms with Crippen molar-refractivity contribution < 1.29 is 14.7 Å². The van der Waals surface area contributed by atoms with Crippen molar-refractivity contribution in [2.45, 2.75) is 58.5 Å². The van der Waals surface area contributed by atoms with E-state index < -0.39 is 12.0 Å². The van der Waals surface area contributed by atoms with Crippen LogP contribution in [0.25, 0.3) is 0 Å². The van der Waals surface area contributed by atoms with Crippen molar-refractivity contribution in [1.29, 1.82) is 0 Å². The molecule has 0 aromatic heterocycles. The Labute approximate surface area is 115 Å². The van der Waals surface area contributed by atoms with Crippen LogP contribution < -0.4 is 0 Å². The summed E-state index contributed by atoms with van der Waals surface area (Å²) >= 11 is 0. The molecule has 1 fully saturated rings. The Kier molecular flexibility index (Phi) is 5.63. The molecular weight excluding hydrogens is 244 g/mol. The zero-order chi connectivity index (χ0) is 14.6. The molecule has 0 aliphatic heterocycles. The number of hydrogen-bond donors (Lipinski definition) is 1. The number of carbonyl (C=O) groups is 2. The number of aliphatic carboxylic acids is 1. The van der Waals surface area contributed by atoms with Gasteiger partial charge in [-0.2, -0.15) is 0 Å². The SMILES string of the molecule is CCC(C(=O)O)N(C)C(=O)N(CCC(C)C)C1CC1. The third kappa shape index (κ3) is 4.40. The van der Waals surface area contributed by atoms with E-state index in [1.807, 2.05) is 4.90 Å². The number of carboxylic acid groups (broad SMARTS) is 1. The molecular formula is C14H26N2O3. The van der Waals surface area contributed by atoms with Crippen LogP contribution in [0.2, 0.25) is 0 Å². The van der Waals surface area contributed by atoms with Gasteiger partial charge in [0, 0.05) is 19.6 Å². The maximum absolute atomic E-state index is 12.4. The summed E-state index contributed by atoms with van der Waals surface area (Å²) in [4.78, 5) is 26.8. The number of likely N-dealkylation sites (N-methyl/N-ethyl adjacent to an activating group) is 1. The Morgan fingerprint density at radius 3 is 2.26 bits per heavy atom. The van der Waals surface area contributed by atoms with E-state index in [-0.39, 0.29) is 6.03 Å². The Balaban J connectivity index is 2.67. The summed E-state index contributed by atoms with van der Waals surface area (Å²) in [5.74, 6) is -0.390. The van der Waals surface area contributed by atoms with E-state index >= 15 is 0 Å². The van der Waals surface area contributed by atoms with Crippen LogP contribution in [0.5, 0.6) is 0 Å². The van der Waals surface area contributed by atoms with Crippen molar-refractivity contribution in [1.82, 2.24) is 9.80 Å². The molecule has 0 saturated heterocycles. The molecule has 1 rings (SSSR count). The van der Waals surface area contributed by atoms with Crippen molar-refractivity contribution in [2.75, 3.05) is 13.6 Å². The van der Waals surface area contributed by atoms with Gasteiger partial charge in [0.25, 0.3) is 0 Å². The monoisotopic (exact) mass is 270 g/mol. The maximum atomic E-state index is 12.4. The van der Waals surface area contributed by atoms with Crippen molar-refractivity contribution in [3.05, 3.63) is 0 Å². The highest BCUT2D eigenvalue weighted by Crippen LogP contribution is 2.28. The molecule has 0 spiro atoms. The molecule has 0 radical (unpaired) electrons. The second kappa shape index (κ2) is 6.78. The third-order valence-electron chi connectivity index (χ3n) is 3.62. The third-order valence-corrected chi connectivity index (χ3v) is 3.62. The summed E-state index contributed by atoms with van der Waals surface area (Å²) in [5, 5.41) is 9.13. The molecule has 0 heterocycles. The lowest BCUT2D eigenvalue weighted by Gasteiger charge is -2.31. The van der Waals surface area contributed by atoms with Gasteiger partial charge in [-0.15, -0.1) is 0 Å². The summed E-state index contributed by atoms with van der Waals surface area (Å²) in [6, 6.07) is -0.551. The number of carbonyl (C=O) groups excluding carboxylic acids is 1. The minimum absolute atomic E-state index is 0.141. The van der Waals surface area contributed by atoms with Gasteiger partial charge in [0.1, 0.15) is 6.04 Å². The van der Waals surface area contributed by atoms with Crippen LogP contribution in [-0.2, 0) is 4.79 Å². The summed E-state index contributed by atoms with van der Waals surface area (Å²) in [6.45, 7) is 6.77. The van der Waals surface area contributed by atoms with E-state index in [4.69, 9.17) is 5.11 Å². The van der Waals surface area contributed by atoms with Gasteiger partial charge in [-0.3, -0.25) is 0 Å². The van der Waals surface area contributed by atoms with Crippen molar-refractivity contribution >= 4 is 12.0 Å². The number of nitrogens with zero attached hydrogens (tertiary/aromatic N) is 2. The lowest BCUT2D eigenvalue weighted by Crippen LogP contribution is -2.49. The predicted molar refractivity (Wildman–Crippen MR) is 74.1 cm³/mol. The molecule has 1 aliphatic rings. The average Bonchev–Trinajstić information content (AvgIpc) is 3.13. The molecule has 5 heteroatoms. The van der Waals surface area contributed by atoms with Crippen molar-refractivity contribution in [3.8, 4) is 0 Å². The summed E-state index contributed by atoms with van der Waals surface area (Å²) in [5.41, 5.74) is 0. The molecule has 110 valence electrons. The molecule has 2 amide bonds. The lowest BCUT2D eigenvalue weighted by atomic mass is 10.1. The lowest BCUT2D eigenvalue weighted by molar-refractivity contribution is -0.142. The van der Waals surface area contributed by atoms with E-state index in [9.17, 15) is 9.59 Å². The van der Waals surface area contributed by atoms with Gasteiger partial charge in [0.05, 0.1) is 0 Å². The smallest absolute Gasteiger partial charge is 0.326 e. The van der Waals surface area contributed by atoms with Gasteiger partial charge >= 0.3 is 12.0 Å². The van der Waals surface area contributed by atoms with Crippen molar-refractivity contribution in [3.63, 3.8) is 0 Å². The number of urea groups is 1. The first-order chi connectivity index (χ1) is 8.88. The van der Waals surface area contributed by atoms with Gasteiger partial charge in [-0.25, -0.2) is 9.59 Å². The van der Waals surface area contributed by atoms with E-state index in [2.05, 4.69) is 13.8 Å². The van der Waals surface area contributed by atoms with Gasteiger partial charge in [-0.1, -0.05) is 20.8 Å². The Hall–Kier alpha value is -1.26. The first kappa shape index (κ1) is 15.8. The molecule has 0 bridgehead atoms. The normalized spacial score (nSPS) is 16.3. The molecule has 1 atom stereocenters. The second-order valence-electron chi connectivity index (χ2n) is 5.76. The maximum Gasteiger partial charge on any atom is 0.326 e. The van der Waals surface area contributed by atoms with Crippen LogP contribution in [0.15, 0.2) is 0 Å². The molecule has 1 N–H and O–H groups in total. The minimum Gasteiger partial charge on any atom is -0.480 e. The van der Waals surface area contributed by atoms with Crippen LogP contribution in [0, 0.1) is 5.92 Å². The summed E-state index contributed by atoms with van der Waals surface area (Å²) in [6.07, 6.45) is 3.48. The number of carboxylic acids is 1. The van der Waals surface area contributed by atoms with Crippen LogP contribution in [0.3, 0.4) is 0 Å². The molecule has 0 aromatic rings. The molecule has 1 saturated carbocycles. The molecule has 0 aromatic carbocycles. The number of rotatable bonds is 7. The van der Waals surface area contributed by atoms with Gasteiger partial charge in [0.2, 0.25) is 0 Å². The summed E-state index contributed by atoms with van der Waals surface area (Å²) < 4.78 is 0. The van der Waals surface area contributed by atoms with E-state index in [1.165, 1.54) is 4.90 Å². The van der Waals surface area contributed by atoms with Crippen LogP contribution in [0.1, 0.15) is 46.5 Å². The van der Waals surface area contributed by atoms with Gasteiger partial charge in [0.15, 0.2) is 0 Å². The predicted octanol–water partition coefficient (Wildman–Crippen LogP) is 2.41. The quantitative estimate of drug-likeness (QED) is 0.772. The van der Waals surface area contributed by atoms with Gasteiger partial charge in [-0.05, 0) is 31.6 Å². The Morgan fingerprint density at radius 2 is 1.89 bits per heavy atom. The average molecular weight is 270 g/mol. The van der Waals surface area contributed by atoms with E-state index in [0.29, 0.717) is 18.4 Å². The number of hydrogen-bond acceptors (Lipinski definition) is 2. The molecule has 1 aliphatic carbocycles. The largest absolute Gasteiger partial charge is 0.480 e. The topological polar surface area (TPSA) is 60.9 Å². The fraction of sp³-hybridized carbons (Fsp3) is 0.857. The molecule has 1 unspecified atom stereocenters.